The average molecular weight is 199 g/mol. The molecule has 0 aromatic heterocycles. The molecule has 0 heterocycles. The van der Waals surface area contributed by atoms with Gasteiger partial charge in [0.2, 0.25) is 0 Å². The van der Waals surface area contributed by atoms with Gasteiger partial charge in [-0.05, 0) is 44.8 Å². The van der Waals surface area contributed by atoms with Crippen LogP contribution in [0.4, 0.5) is 0 Å². The van der Waals surface area contributed by atoms with Crippen LogP contribution in [0.1, 0.15) is 47.0 Å². The van der Waals surface area contributed by atoms with Crippen LogP contribution in [0.5, 0.6) is 0 Å². The minimum absolute atomic E-state index is 0.840. The van der Waals surface area contributed by atoms with E-state index in [0.717, 1.165) is 17.8 Å². The van der Waals surface area contributed by atoms with Gasteiger partial charge >= 0.3 is 0 Å². The lowest BCUT2D eigenvalue weighted by atomic mass is 9.78. The van der Waals surface area contributed by atoms with Gasteiger partial charge in [0.05, 0.1) is 0 Å². The Hall–Kier alpha value is -0.0400. The van der Waals surface area contributed by atoms with Crippen molar-refractivity contribution in [2.45, 2.75) is 47.0 Å². The van der Waals surface area contributed by atoms with Crippen molar-refractivity contribution in [3.63, 3.8) is 0 Å². The van der Waals surface area contributed by atoms with E-state index >= 15 is 0 Å². The quantitative estimate of drug-likeness (QED) is 0.605. The summed E-state index contributed by atoms with van der Waals surface area (Å²) in [6, 6.07) is 0. The number of hydrogen-bond acceptors (Lipinski definition) is 1. The highest BCUT2D eigenvalue weighted by molar-refractivity contribution is 4.71. The van der Waals surface area contributed by atoms with E-state index in [-0.39, 0.29) is 0 Å². The molecule has 1 nitrogen and oxygen atoms in total. The molecule has 0 saturated carbocycles. The second-order valence-electron chi connectivity index (χ2n) is 5.08. The fraction of sp³-hybridized carbons (Fsp3) is 1.00. The Bertz CT molecular complexity index is 129. The smallest absolute Gasteiger partial charge is 0.00221 e. The van der Waals surface area contributed by atoms with Crippen LogP contribution in [-0.4, -0.2) is 25.5 Å². The molecule has 0 rings (SSSR count). The summed E-state index contributed by atoms with van der Waals surface area (Å²) in [5.74, 6) is 2.68. The molecular formula is C13H29N. The summed E-state index contributed by atoms with van der Waals surface area (Å²) in [7, 11) is 4.34. The van der Waals surface area contributed by atoms with Gasteiger partial charge in [-0.15, -0.1) is 0 Å². The third-order valence-electron chi connectivity index (χ3n) is 3.40. The standard InChI is InChI=1S/C13H29N/c1-7-12(9-10-14(5)6)13(8-2)11(3)4/h11-13H,7-10H2,1-6H3. The fourth-order valence-corrected chi connectivity index (χ4v) is 2.49. The Labute approximate surface area is 90.9 Å². The van der Waals surface area contributed by atoms with E-state index < -0.39 is 0 Å². The maximum atomic E-state index is 2.37. The van der Waals surface area contributed by atoms with Crippen molar-refractivity contribution in [3.05, 3.63) is 0 Å². The maximum Gasteiger partial charge on any atom is -0.00221 e. The largest absolute Gasteiger partial charge is 0.309 e. The number of rotatable bonds is 7. The second-order valence-corrected chi connectivity index (χ2v) is 5.08. The van der Waals surface area contributed by atoms with Gasteiger partial charge in [0.25, 0.3) is 0 Å². The summed E-state index contributed by atoms with van der Waals surface area (Å²) in [6.07, 6.45) is 4.04. The molecule has 0 aliphatic carbocycles. The van der Waals surface area contributed by atoms with Crippen LogP contribution < -0.4 is 0 Å². The average Bonchev–Trinajstić information content (AvgIpc) is 2.10. The number of hydrogen-bond donors (Lipinski definition) is 0. The predicted octanol–water partition coefficient (Wildman–Crippen LogP) is 3.65. The minimum Gasteiger partial charge on any atom is -0.309 e. The number of nitrogens with zero attached hydrogens (tertiary/aromatic N) is 1. The Balaban J connectivity index is 4.08. The Kier molecular flexibility index (Phi) is 7.26. The molecule has 0 aromatic carbocycles. The molecule has 86 valence electrons. The first-order chi connectivity index (χ1) is 6.52. The zero-order chi connectivity index (χ0) is 11.1. The molecule has 1 heteroatoms. The zero-order valence-corrected chi connectivity index (χ0v) is 11.0. The normalized spacial score (nSPS) is 16.3. The van der Waals surface area contributed by atoms with Crippen LogP contribution in [0, 0.1) is 17.8 Å². The van der Waals surface area contributed by atoms with E-state index in [1.165, 1.54) is 25.8 Å². The van der Waals surface area contributed by atoms with E-state index in [1.807, 2.05) is 0 Å². The Morgan fingerprint density at radius 3 is 1.86 bits per heavy atom. The van der Waals surface area contributed by atoms with E-state index in [1.54, 1.807) is 0 Å². The van der Waals surface area contributed by atoms with Crippen molar-refractivity contribution in [1.29, 1.82) is 0 Å². The van der Waals surface area contributed by atoms with Crippen molar-refractivity contribution in [2.75, 3.05) is 20.6 Å². The Morgan fingerprint density at radius 1 is 1.00 bits per heavy atom. The van der Waals surface area contributed by atoms with E-state index in [0.29, 0.717) is 0 Å². The highest BCUT2D eigenvalue weighted by Crippen LogP contribution is 2.29. The molecule has 0 fully saturated rings. The van der Waals surface area contributed by atoms with E-state index in [4.69, 9.17) is 0 Å². The van der Waals surface area contributed by atoms with Gasteiger partial charge in [-0.3, -0.25) is 0 Å². The lowest BCUT2D eigenvalue weighted by Gasteiger charge is -2.29. The SMILES string of the molecule is CCC(CCN(C)C)C(CC)C(C)C. The molecule has 2 unspecified atom stereocenters. The van der Waals surface area contributed by atoms with Crippen molar-refractivity contribution in [1.82, 2.24) is 4.90 Å². The molecule has 0 bridgehead atoms. The van der Waals surface area contributed by atoms with Gasteiger partial charge in [0.15, 0.2) is 0 Å². The molecule has 0 aromatic rings. The molecule has 0 spiro atoms. The molecule has 0 aliphatic heterocycles. The molecule has 14 heavy (non-hydrogen) atoms. The molecule has 0 aliphatic rings. The van der Waals surface area contributed by atoms with Gasteiger partial charge < -0.3 is 4.90 Å². The van der Waals surface area contributed by atoms with E-state index in [9.17, 15) is 0 Å². The molecule has 0 saturated heterocycles. The zero-order valence-electron chi connectivity index (χ0n) is 11.0. The first-order valence-corrected chi connectivity index (χ1v) is 6.17. The summed E-state index contributed by atoms with van der Waals surface area (Å²) in [6.45, 7) is 10.6. The highest BCUT2D eigenvalue weighted by atomic mass is 15.0. The maximum absolute atomic E-state index is 2.37. The van der Waals surface area contributed by atoms with Crippen LogP contribution >= 0.6 is 0 Å². The second kappa shape index (κ2) is 7.28. The monoisotopic (exact) mass is 199 g/mol. The molecule has 2 atom stereocenters. The van der Waals surface area contributed by atoms with Gasteiger partial charge in [-0.2, -0.15) is 0 Å². The van der Waals surface area contributed by atoms with Crippen LogP contribution in [0.15, 0.2) is 0 Å². The molecule has 0 N–H and O–H groups in total. The van der Waals surface area contributed by atoms with Crippen molar-refractivity contribution >= 4 is 0 Å². The van der Waals surface area contributed by atoms with Crippen LogP contribution in [0.25, 0.3) is 0 Å². The third kappa shape index (κ3) is 4.99. The van der Waals surface area contributed by atoms with Crippen molar-refractivity contribution in [3.8, 4) is 0 Å². The fourth-order valence-electron chi connectivity index (χ4n) is 2.49. The first kappa shape index (κ1) is 14.0. The molecular weight excluding hydrogens is 170 g/mol. The van der Waals surface area contributed by atoms with Crippen LogP contribution in [0.3, 0.4) is 0 Å². The van der Waals surface area contributed by atoms with Crippen molar-refractivity contribution in [2.24, 2.45) is 17.8 Å². The van der Waals surface area contributed by atoms with Gasteiger partial charge in [0.1, 0.15) is 0 Å². The van der Waals surface area contributed by atoms with Gasteiger partial charge in [-0.1, -0.05) is 40.5 Å². The molecule has 0 amide bonds. The van der Waals surface area contributed by atoms with Gasteiger partial charge in [0, 0.05) is 0 Å². The highest BCUT2D eigenvalue weighted by Gasteiger charge is 2.21. The predicted molar refractivity (Wildman–Crippen MR) is 65.6 cm³/mol. The first-order valence-electron chi connectivity index (χ1n) is 6.17. The van der Waals surface area contributed by atoms with Crippen molar-refractivity contribution < 1.29 is 0 Å². The minimum atomic E-state index is 0.840. The third-order valence-corrected chi connectivity index (χ3v) is 3.40. The Morgan fingerprint density at radius 2 is 1.57 bits per heavy atom. The van der Waals surface area contributed by atoms with E-state index in [2.05, 4.69) is 46.7 Å². The summed E-state index contributed by atoms with van der Waals surface area (Å²) in [5.41, 5.74) is 0. The van der Waals surface area contributed by atoms with Gasteiger partial charge in [-0.25, -0.2) is 0 Å². The lowest BCUT2D eigenvalue weighted by Crippen LogP contribution is -2.24. The summed E-state index contributed by atoms with van der Waals surface area (Å²) in [4.78, 5) is 2.30. The molecule has 0 radical (unpaired) electrons. The lowest BCUT2D eigenvalue weighted by molar-refractivity contribution is 0.208. The summed E-state index contributed by atoms with van der Waals surface area (Å²) in [5, 5.41) is 0. The topological polar surface area (TPSA) is 3.24 Å². The van der Waals surface area contributed by atoms with Crippen LogP contribution in [0.2, 0.25) is 0 Å². The van der Waals surface area contributed by atoms with Crippen LogP contribution in [-0.2, 0) is 0 Å². The summed E-state index contributed by atoms with van der Waals surface area (Å²) < 4.78 is 0. The summed E-state index contributed by atoms with van der Waals surface area (Å²) >= 11 is 0.